The Morgan fingerprint density at radius 2 is 0.894 bits per heavy atom. The zero-order valence-electron chi connectivity index (χ0n) is 26.5. The molecule has 1 spiro atoms. The Balaban J connectivity index is 1.15. The average Bonchev–Trinajstić information content (AvgIpc) is 3.70. The van der Waals surface area contributed by atoms with Crippen LogP contribution in [0, 0.1) is 0 Å². The number of hydrogen-bond acceptors (Lipinski definition) is 0. The maximum absolute atomic E-state index is 2.50. The lowest BCUT2D eigenvalue weighted by molar-refractivity contribution is 0.660. The minimum absolute atomic E-state index is 0.0136. The van der Waals surface area contributed by atoms with Gasteiger partial charge in [0.1, 0.15) is 0 Å². The fourth-order valence-corrected chi connectivity index (χ4v) is 10.1. The van der Waals surface area contributed by atoms with E-state index in [4.69, 9.17) is 0 Å². The molecule has 0 fully saturated rings. The third kappa shape index (κ3) is 2.98. The SMILES string of the molecule is CC1(C)c2ccccc2-c2cc(-c3ccc4c(c3)B3c5ccccc5C5(c6ccccc6-c6ccccc65)c5cccc-4c53)ccc21. The summed E-state index contributed by atoms with van der Waals surface area (Å²) in [5, 5.41) is 0. The normalized spacial score (nSPS) is 15.7. The quantitative estimate of drug-likeness (QED) is 0.167. The summed E-state index contributed by atoms with van der Waals surface area (Å²) in [7, 11) is 0. The Morgan fingerprint density at radius 1 is 0.362 bits per heavy atom. The summed E-state index contributed by atoms with van der Waals surface area (Å²) < 4.78 is 0. The van der Waals surface area contributed by atoms with Crippen LogP contribution in [0.3, 0.4) is 0 Å². The first-order chi connectivity index (χ1) is 23.1. The Labute approximate surface area is 276 Å². The van der Waals surface area contributed by atoms with Crippen molar-refractivity contribution >= 4 is 23.1 Å². The number of fused-ring (bicyclic) bond motifs is 15. The van der Waals surface area contributed by atoms with E-state index in [9.17, 15) is 0 Å². The highest BCUT2D eigenvalue weighted by Gasteiger charge is 2.54. The molecule has 2 aliphatic carbocycles. The number of benzene rings is 7. The molecule has 2 heterocycles. The van der Waals surface area contributed by atoms with E-state index < -0.39 is 0 Å². The lowest BCUT2D eigenvalue weighted by Gasteiger charge is -2.42. The maximum atomic E-state index is 2.50. The Kier molecular flexibility index (Phi) is 4.76. The topological polar surface area (TPSA) is 0 Å². The predicted octanol–water partition coefficient (Wildman–Crippen LogP) is 8.83. The summed E-state index contributed by atoms with van der Waals surface area (Å²) >= 11 is 0. The van der Waals surface area contributed by atoms with E-state index in [-0.39, 0.29) is 17.5 Å². The van der Waals surface area contributed by atoms with Gasteiger partial charge in [-0.1, -0.05) is 176 Å². The Hall–Kier alpha value is -5.40. The molecule has 7 aromatic rings. The molecule has 0 N–H and O–H groups in total. The fraction of sp³-hybridized carbons (Fsp3) is 0.0870. The Bertz CT molecular complexity index is 2470. The lowest BCUT2D eigenvalue weighted by Crippen LogP contribution is -2.59. The first-order valence-electron chi connectivity index (χ1n) is 16.9. The van der Waals surface area contributed by atoms with Crippen molar-refractivity contribution in [2.75, 3.05) is 0 Å². The van der Waals surface area contributed by atoms with Crippen molar-refractivity contribution in [1.29, 1.82) is 0 Å². The van der Waals surface area contributed by atoms with Gasteiger partial charge in [-0.3, -0.25) is 0 Å². The van der Waals surface area contributed by atoms with E-state index in [1.807, 2.05) is 0 Å². The fourth-order valence-electron chi connectivity index (χ4n) is 10.1. The van der Waals surface area contributed by atoms with Crippen molar-refractivity contribution in [2.24, 2.45) is 0 Å². The standard InChI is InChI=1S/C46H31B/c1-45(2)36-16-6-3-14-32(36)35-26-28(23-25-37(35)45)29-22-24-33-34-15-11-20-41-44(34)47(43(33)27-29)42-21-10-9-19-40(42)46(41)38-17-7-4-12-30(38)31-13-5-8-18-39(31)46/h3-27H,1-2H3. The predicted molar refractivity (Wildman–Crippen MR) is 197 cm³/mol. The van der Waals surface area contributed by atoms with E-state index in [1.54, 1.807) is 0 Å². The van der Waals surface area contributed by atoms with Gasteiger partial charge in [-0.2, -0.15) is 0 Å². The average molecular weight is 595 g/mol. The summed E-state index contributed by atoms with van der Waals surface area (Å²) in [4.78, 5) is 0. The molecule has 1 heteroatoms. The van der Waals surface area contributed by atoms with Crippen molar-refractivity contribution < 1.29 is 0 Å². The van der Waals surface area contributed by atoms with Gasteiger partial charge in [0, 0.05) is 5.41 Å². The lowest BCUT2D eigenvalue weighted by atomic mass is 9.32. The first-order valence-corrected chi connectivity index (χ1v) is 16.9. The van der Waals surface area contributed by atoms with Crippen LogP contribution in [-0.2, 0) is 10.8 Å². The van der Waals surface area contributed by atoms with Crippen molar-refractivity contribution in [3.05, 3.63) is 185 Å². The van der Waals surface area contributed by atoms with Crippen LogP contribution in [0.4, 0.5) is 0 Å². The molecular formula is C46H31B. The van der Waals surface area contributed by atoms with Crippen molar-refractivity contribution in [1.82, 2.24) is 0 Å². The minimum atomic E-state index is -0.337. The van der Waals surface area contributed by atoms with E-state index >= 15 is 0 Å². The summed E-state index contributed by atoms with van der Waals surface area (Å²) in [5.74, 6) is 0. The first kappa shape index (κ1) is 25.8. The third-order valence-corrected chi connectivity index (χ3v) is 12.0. The maximum Gasteiger partial charge on any atom is 0.243 e. The molecule has 7 aromatic carbocycles. The zero-order valence-corrected chi connectivity index (χ0v) is 26.5. The molecule has 0 unspecified atom stereocenters. The molecule has 0 bridgehead atoms. The van der Waals surface area contributed by atoms with Gasteiger partial charge < -0.3 is 0 Å². The second-order valence-electron chi connectivity index (χ2n) is 14.4. The highest BCUT2D eigenvalue weighted by Crippen LogP contribution is 2.57. The molecular weight excluding hydrogens is 563 g/mol. The number of rotatable bonds is 1. The van der Waals surface area contributed by atoms with Crippen LogP contribution in [-0.4, -0.2) is 6.71 Å². The molecule has 0 saturated carbocycles. The summed E-state index contributed by atoms with van der Waals surface area (Å²) in [6, 6.07) is 58.0. The summed E-state index contributed by atoms with van der Waals surface area (Å²) in [6.45, 7) is 4.92. The van der Waals surface area contributed by atoms with E-state index in [1.165, 1.54) is 94.3 Å². The van der Waals surface area contributed by atoms with Crippen LogP contribution in [0.25, 0.3) is 44.5 Å². The molecule has 0 aromatic heterocycles. The minimum Gasteiger partial charge on any atom is -0.0666 e. The van der Waals surface area contributed by atoms with Gasteiger partial charge in [-0.15, -0.1) is 0 Å². The van der Waals surface area contributed by atoms with Crippen LogP contribution in [0.2, 0.25) is 0 Å². The van der Waals surface area contributed by atoms with Crippen LogP contribution < -0.4 is 16.4 Å². The smallest absolute Gasteiger partial charge is 0.0666 e. The molecule has 218 valence electrons. The van der Waals surface area contributed by atoms with E-state index in [2.05, 4.69) is 166 Å². The van der Waals surface area contributed by atoms with Gasteiger partial charge in [-0.05, 0) is 84.0 Å². The molecule has 47 heavy (non-hydrogen) atoms. The van der Waals surface area contributed by atoms with E-state index in [0.29, 0.717) is 0 Å². The highest BCUT2D eigenvalue weighted by atomic mass is 14.5. The van der Waals surface area contributed by atoms with Gasteiger partial charge >= 0.3 is 0 Å². The molecule has 0 amide bonds. The van der Waals surface area contributed by atoms with Gasteiger partial charge in [0.05, 0.1) is 5.41 Å². The number of hydrogen-bond donors (Lipinski definition) is 0. The van der Waals surface area contributed by atoms with Gasteiger partial charge in [-0.25, -0.2) is 0 Å². The molecule has 2 aliphatic heterocycles. The van der Waals surface area contributed by atoms with Gasteiger partial charge in [0.15, 0.2) is 0 Å². The second-order valence-corrected chi connectivity index (χ2v) is 14.4. The van der Waals surface area contributed by atoms with Crippen molar-refractivity contribution in [3.63, 3.8) is 0 Å². The zero-order chi connectivity index (χ0) is 31.1. The van der Waals surface area contributed by atoms with Gasteiger partial charge in [0.25, 0.3) is 0 Å². The van der Waals surface area contributed by atoms with Crippen LogP contribution in [0.1, 0.15) is 47.2 Å². The molecule has 4 aliphatic rings. The second kappa shape index (κ2) is 8.69. The molecule has 0 saturated heterocycles. The van der Waals surface area contributed by atoms with Crippen LogP contribution >= 0.6 is 0 Å². The highest BCUT2D eigenvalue weighted by molar-refractivity contribution is 7.00. The largest absolute Gasteiger partial charge is 0.243 e. The summed E-state index contributed by atoms with van der Waals surface area (Å²) in [5.41, 5.74) is 23.3. The van der Waals surface area contributed by atoms with Gasteiger partial charge in [0.2, 0.25) is 6.71 Å². The van der Waals surface area contributed by atoms with Crippen molar-refractivity contribution in [3.8, 4) is 44.5 Å². The van der Waals surface area contributed by atoms with Crippen LogP contribution in [0.15, 0.2) is 152 Å². The monoisotopic (exact) mass is 594 g/mol. The van der Waals surface area contributed by atoms with Crippen LogP contribution in [0.5, 0.6) is 0 Å². The van der Waals surface area contributed by atoms with Crippen molar-refractivity contribution in [2.45, 2.75) is 24.7 Å². The summed E-state index contributed by atoms with van der Waals surface area (Å²) in [6.07, 6.45) is 0. The molecule has 11 rings (SSSR count). The molecule has 0 nitrogen and oxygen atoms in total. The van der Waals surface area contributed by atoms with E-state index in [0.717, 1.165) is 0 Å². The molecule has 0 atom stereocenters. The molecule has 0 radical (unpaired) electrons. The third-order valence-electron chi connectivity index (χ3n) is 12.0. The Morgan fingerprint density at radius 3 is 1.64 bits per heavy atom.